The summed E-state index contributed by atoms with van der Waals surface area (Å²) in [6.45, 7) is 2.27. The molecule has 3 aromatic rings. The van der Waals surface area contributed by atoms with Crippen LogP contribution in [0.2, 0.25) is 0 Å². The van der Waals surface area contributed by atoms with Gasteiger partial charge in [-0.1, -0.05) is 61.5 Å². The lowest BCUT2D eigenvalue weighted by molar-refractivity contribution is 0.765. The van der Waals surface area contributed by atoms with Crippen molar-refractivity contribution >= 4 is 28.2 Å². The topological polar surface area (TPSA) is 35.9 Å². The molecule has 0 saturated carbocycles. The largest absolute Gasteiger partial charge is 0.388 e. The highest BCUT2D eigenvalue weighted by atomic mass is 14.8. The van der Waals surface area contributed by atoms with E-state index < -0.39 is 0 Å². The molecule has 1 aliphatic carbocycles. The number of hydrogen-bond acceptors (Lipinski definition) is 2. The maximum Gasteiger partial charge on any atom is 0.0665 e. The Bertz CT molecular complexity index is 998. The third-order valence-electron chi connectivity index (χ3n) is 5.14. The molecule has 0 bridgehead atoms. The van der Waals surface area contributed by atoms with Crippen LogP contribution in [0.15, 0.2) is 66.2 Å². The van der Waals surface area contributed by atoms with Gasteiger partial charge in [-0.05, 0) is 52.0 Å². The fraction of sp³-hybridized carbons (Fsp3) is 0.174. The Morgan fingerprint density at radius 1 is 1.00 bits per heavy atom. The molecule has 0 amide bonds. The van der Waals surface area contributed by atoms with Crippen LogP contribution >= 0.6 is 0 Å². The van der Waals surface area contributed by atoms with Gasteiger partial charge < -0.3 is 5.32 Å². The van der Waals surface area contributed by atoms with Crippen LogP contribution in [0, 0.1) is 5.41 Å². The lowest BCUT2D eigenvalue weighted by Gasteiger charge is -2.25. The summed E-state index contributed by atoms with van der Waals surface area (Å²) in [6.07, 6.45) is 3.11. The molecular formula is C23H22N2. The van der Waals surface area contributed by atoms with Crippen LogP contribution < -0.4 is 5.32 Å². The van der Waals surface area contributed by atoms with E-state index in [1.165, 1.54) is 21.9 Å². The smallest absolute Gasteiger partial charge is 0.0665 e. The molecule has 3 aromatic carbocycles. The number of nitrogens with one attached hydrogen (secondary N) is 2. The van der Waals surface area contributed by atoms with Gasteiger partial charge in [0.25, 0.3) is 0 Å². The molecule has 2 nitrogen and oxygen atoms in total. The minimum atomic E-state index is 0.406. The lowest BCUT2D eigenvalue weighted by Crippen LogP contribution is -2.13. The van der Waals surface area contributed by atoms with Crippen LogP contribution in [0.4, 0.5) is 5.69 Å². The highest BCUT2D eigenvalue weighted by Crippen LogP contribution is 2.39. The fourth-order valence-electron chi connectivity index (χ4n) is 3.93. The summed E-state index contributed by atoms with van der Waals surface area (Å²) in [4.78, 5) is 0. The van der Waals surface area contributed by atoms with E-state index in [2.05, 4.69) is 54.7 Å². The molecular weight excluding hydrogens is 304 g/mol. The minimum absolute atomic E-state index is 0.406. The van der Waals surface area contributed by atoms with Gasteiger partial charge in [-0.25, -0.2) is 0 Å². The van der Waals surface area contributed by atoms with Crippen LogP contribution in [0.25, 0.3) is 16.8 Å². The molecule has 0 fully saturated rings. The Labute approximate surface area is 148 Å². The van der Waals surface area contributed by atoms with Crippen LogP contribution in [-0.2, 0) is 0 Å². The number of anilines is 1. The van der Waals surface area contributed by atoms with Gasteiger partial charge >= 0.3 is 0 Å². The monoisotopic (exact) mass is 326 g/mol. The van der Waals surface area contributed by atoms with Crippen molar-refractivity contribution in [1.82, 2.24) is 0 Å². The van der Waals surface area contributed by atoms with Crippen molar-refractivity contribution in [3.05, 3.63) is 82.9 Å². The highest BCUT2D eigenvalue weighted by Gasteiger charge is 2.23. The Balaban J connectivity index is 1.82. The highest BCUT2D eigenvalue weighted by molar-refractivity contribution is 6.16. The van der Waals surface area contributed by atoms with Gasteiger partial charge in [0, 0.05) is 18.3 Å². The number of hydrogen-bond donors (Lipinski definition) is 2. The molecule has 1 aliphatic rings. The van der Waals surface area contributed by atoms with E-state index in [1.54, 1.807) is 0 Å². The Morgan fingerprint density at radius 3 is 2.60 bits per heavy atom. The van der Waals surface area contributed by atoms with Crippen LogP contribution in [0.5, 0.6) is 0 Å². The van der Waals surface area contributed by atoms with Gasteiger partial charge in [-0.2, -0.15) is 0 Å². The van der Waals surface area contributed by atoms with E-state index in [9.17, 15) is 0 Å². The van der Waals surface area contributed by atoms with Crippen LogP contribution in [0.3, 0.4) is 0 Å². The zero-order valence-electron chi connectivity index (χ0n) is 14.6. The SMILES string of the molecule is CNc1ccccc1C(=N)C1=Cc2ccc3ccccc3c2C(C)C1. The molecule has 4 rings (SSSR count). The first-order valence-corrected chi connectivity index (χ1v) is 8.77. The van der Waals surface area contributed by atoms with E-state index in [4.69, 9.17) is 5.41 Å². The normalized spacial score (nSPS) is 16.2. The standard InChI is InChI=1S/C23H22N2/c1-15-13-18(23(24)20-9-5-6-10-21(20)25-2)14-17-12-11-16-7-3-4-8-19(16)22(15)17/h3-12,14-15,24-25H,13H2,1-2H3. The summed E-state index contributed by atoms with van der Waals surface area (Å²) in [5, 5.41) is 14.6. The van der Waals surface area contributed by atoms with E-state index in [0.29, 0.717) is 11.6 Å². The molecule has 0 spiro atoms. The number of benzene rings is 3. The Kier molecular flexibility index (Phi) is 3.89. The summed E-state index contributed by atoms with van der Waals surface area (Å²) >= 11 is 0. The van der Waals surface area contributed by atoms with Crippen molar-refractivity contribution < 1.29 is 0 Å². The van der Waals surface area contributed by atoms with E-state index in [-0.39, 0.29) is 0 Å². The average molecular weight is 326 g/mol. The zero-order valence-corrected chi connectivity index (χ0v) is 14.6. The van der Waals surface area contributed by atoms with Crippen molar-refractivity contribution in [2.75, 3.05) is 12.4 Å². The van der Waals surface area contributed by atoms with Crippen molar-refractivity contribution in [2.45, 2.75) is 19.3 Å². The molecule has 0 aliphatic heterocycles. The second-order valence-electron chi connectivity index (χ2n) is 6.73. The summed E-state index contributed by atoms with van der Waals surface area (Å²) in [5.74, 6) is 0.406. The second kappa shape index (κ2) is 6.21. The number of rotatable bonds is 3. The third kappa shape index (κ3) is 2.64. The van der Waals surface area contributed by atoms with E-state index >= 15 is 0 Å². The van der Waals surface area contributed by atoms with Gasteiger partial charge in [0.1, 0.15) is 0 Å². The minimum Gasteiger partial charge on any atom is -0.388 e. The molecule has 1 unspecified atom stereocenters. The predicted octanol–water partition coefficient (Wildman–Crippen LogP) is 5.84. The first kappa shape index (κ1) is 15.6. The summed E-state index contributed by atoms with van der Waals surface area (Å²) in [5.41, 5.74) is 6.36. The van der Waals surface area contributed by atoms with Gasteiger partial charge in [-0.15, -0.1) is 0 Å². The van der Waals surface area contributed by atoms with Gasteiger partial charge in [0.15, 0.2) is 0 Å². The maximum atomic E-state index is 8.75. The Hall–Kier alpha value is -2.87. The van der Waals surface area contributed by atoms with Gasteiger partial charge in [0.2, 0.25) is 0 Å². The summed E-state index contributed by atoms with van der Waals surface area (Å²) in [6, 6.07) is 21.0. The second-order valence-corrected chi connectivity index (χ2v) is 6.73. The molecule has 1 atom stereocenters. The molecule has 25 heavy (non-hydrogen) atoms. The lowest BCUT2D eigenvalue weighted by atomic mass is 9.79. The first-order chi connectivity index (χ1) is 12.2. The van der Waals surface area contributed by atoms with Crippen LogP contribution in [-0.4, -0.2) is 12.8 Å². The summed E-state index contributed by atoms with van der Waals surface area (Å²) < 4.78 is 0. The quantitative estimate of drug-likeness (QED) is 0.583. The fourth-order valence-corrected chi connectivity index (χ4v) is 3.93. The number of para-hydroxylation sites is 1. The third-order valence-corrected chi connectivity index (χ3v) is 5.14. The number of allylic oxidation sites excluding steroid dienone is 1. The average Bonchev–Trinajstić information content (AvgIpc) is 2.66. The molecule has 0 heterocycles. The number of fused-ring (bicyclic) bond motifs is 3. The molecule has 0 aromatic heterocycles. The van der Waals surface area contributed by atoms with Crippen LogP contribution in [0.1, 0.15) is 36.0 Å². The van der Waals surface area contributed by atoms with E-state index in [1.807, 2.05) is 31.3 Å². The molecule has 0 radical (unpaired) electrons. The molecule has 124 valence electrons. The maximum absolute atomic E-state index is 8.75. The van der Waals surface area contributed by atoms with Crippen molar-refractivity contribution in [3.8, 4) is 0 Å². The van der Waals surface area contributed by atoms with Gasteiger partial charge in [0.05, 0.1) is 5.71 Å². The molecule has 0 saturated heterocycles. The van der Waals surface area contributed by atoms with E-state index in [0.717, 1.165) is 23.2 Å². The van der Waals surface area contributed by atoms with Crippen molar-refractivity contribution in [1.29, 1.82) is 5.41 Å². The molecule has 2 N–H and O–H groups in total. The summed E-state index contributed by atoms with van der Waals surface area (Å²) in [7, 11) is 1.91. The predicted molar refractivity (Wildman–Crippen MR) is 108 cm³/mol. The molecule has 2 heteroatoms. The van der Waals surface area contributed by atoms with Gasteiger partial charge in [-0.3, -0.25) is 5.41 Å². The first-order valence-electron chi connectivity index (χ1n) is 8.77. The zero-order chi connectivity index (χ0) is 17.4. The van der Waals surface area contributed by atoms with Crippen molar-refractivity contribution in [2.24, 2.45) is 0 Å². The Morgan fingerprint density at radius 2 is 1.76 bits per heavy atom. The van der Waals surface area contributed by atoms with Crippen molar-refractivity contribution in [3.63, 3.8) is 0 Å².